The summed E-state index contributed by atoms with van der Waals surface area (Å²) in [5.74, 6) is -0.518. The predicted molar refractivity (Wildman–Crippen MR) is 110 cm³/mol. The van der Waals surface area contributed by atoms with Crippen LogP contribution in [0.3, 0.4) is 0 Å². The smallest absolute Gasteiger partial charge is 0.414 e. The molecule has 9 heteroatoms. The number of ether oxygens (including phenoxy) is 4. The van der Waals surface area contributed by atoms with Crippen LogP contribution in [0.25, 0.3) is 0 Å². The summed E-state index contributed by atoms with van der Waals surface area (Å²) in [5.41, 5.74) is 5.94. The molecule has 2 heterocycles. The SMILES string of the molecule is CO[C@H]1[C@H](C2(C)O[C@@H]2CC=C(C)C)[C@]2(CC[C@H]1OC(=O)NC(=O)CNCCN)CO2. The van der Waals surface area contributed by atoms with E-state index < -0.39 is 23.7 Å². The summed E-state index contributed by atoms with van der Waals surface area (Å²) in [4.78, 5) is 24.1. The summed E-state index contributed by atoms with van der Waals surface area (Å²) in [6, 6.07) is 0. The van der Waals surface area contributed by atoms with Crippen LogP contribution in [0, 0.1) is 5.92 Å². The van der Waals surface area contributed by atoms with Gasteiger partial charge in [-0.25, -0.2) is 4.79 Å². The van der Waals surface area contributed by atoms with Crippen molar-refractivity contribution in [3.05, 3.63) is 11.6 Å². The van der Waals surface area contributed by atoms with Crippen molar-refractivity contribution >= 4 is 12.0 Å². The topological polar surface area (TPSA) is 128 Å². The summed E-state index contributed by atoms with van der Waals surface area (Å²) in [6.07, 6.45) is 2.83. The minimum atomic E-state index is -0.768. The Morgan fingerprint density at radius 1 is 1.33 bits per heavy atom. The number of epoxide rings is 2. The van der Waals surface area contributed by atoms with Gasteiger partial charge in [0, 0.05) is 20.2 Å². The molecule has 1 unspecified atom stereocenters. The van der Waals surface area contributed by atoms with E-state index in [9.17, 15) is 9.59 Å². The van der Waals surface area contributed by atoms with E-state index in [0.29, 0.717) is 26.1 Å². The summed E-state index contributed by atoms with van der Waals surface area (Å²) in [6.45, 7) is 7.80. The maximum absolute atomic E-state index is 12.3. The third kappa shape index (κ3) is 5.03. The monoisotopic (exact) mass is 425 g/mol. The van der Waals surface area contributed by atoms with Crippen molar-refractivity contribution in [3.63, 3.8) is 0 Å². The van der Waals surface area contributed by atoms with Crippen LogP contribution in [0.1, 0.15) is 40.0 Å². The van der Waals surface area contributed by atoms with Gasteiger partial charge >= 0.3 is 6.09 Å². The first-order valence-corrected chi connectivity index (χ1v) is 10.6. The number of allylic oxidation sites excluding steroid dienone is 1. The Balaban J connectivity index is 1.63. The first-order chi connectivity index (χ1) is 14.3. The second-order valence-corrected chi connectivity index (χ2v) is 8.84. The average Bonchev–Trinajstić information content (AvgIpc) is 3.59. The molecule has 1 aliphatic carbocycles. The Bertz CT molecular complexity index is 676. The molecule has 6 atom stereocenters. The van der Waals surface area contributed by atoms with Crippen molar-refractivity contribution in [1.82, 2.24) is 10.6 Å². The van der Waals surface area contributed by atoms with Crippen LogP contribution in [0.4, 0.5) is 4.79 Å². The van der Waals surface area contributed by atoms with Gasteiger partial charge < -0.3 is 30.0 Å². The van der Waals surface area contributed by atoms with Gasteiger partial charge in [0.2, 0.25) is 5.91 Å². The van der Waals surface area contributed by atoms with Crippen LogP contribution in [0.2, 0.25) is 0 Å². The van der Waals surface area contributed by atoms with Gasteiger partial charge in [0.25, 0.3) is 0 Å². The maximum Gasteiger partial charge on any atom is 0.414 e. The number of nitrogens with one attached hydrogen (secondary N) is 2. The number of carbonyl (C=O) groups excluding carboxylic acids is 2. The van der Waals surface area contributed by atoms with Crippen molar-refractivity contribution in [1.29, 1.82) is 0 Å². The molecule has 0 radical (unpaired) electrons. The second-order valence-electron chi connectivity index (χ2n) is 8.84. The lowest BCUT2D eigenvalue weighted by Crippen LogP contribution is -2.56. The molecule has 0 aromatic rings. The van der Waals surface area contributed by atoms with E-state index in [1.165, 1.54) is 5.57 Å². The quantitative estimate of drug-likeness (QED) is 0.282. The van der Waals surface area contributed by atoms with E-state index in [-0.39, 0.29) is 30.3 Å². The summed E-state index contributed by atoms with van der Waals surface area (Å²) in [5, 5.41) is 5.08. The van der Waals surface area contributed by atoms with Gasteiger partial charge in [0.15, 0.2) is 0 Å². The van der Waals surface area contributed by atoms with Gasteiger partial charge in [0.1, 0.15) is 23.4 Å². The molecule has 3 aliphatic rings. The molecule has 9 nitrogen and oxygen atoms in total. The Morgan fingerprint density at radius 3 is 2.67 bits per heavy atom. The molecule has 3 rings (SSSR count). The minimum Gasteiger partial charge on any atom is -0.443 e. The Labute approximate surface area is 178 Å². The van der Waals surface area contributed by atoms with Gasteiger partial charge in [0.05, 0.1) is 25.2 Å². The third-order valence-electron chi connectivity index (χ3n) is 6.34. The Hall–Kier alpha value is -1.52. The van der Waals surface area contributed by atoms with E-state index >= 15 is 0 Å². The highest BCUT2D eigenvalue weighted by molar-refractivity contribution is 5.92. The molecule has 2 saturated heterocycles. The van der Waals surface area contributed by atoms with E-state index in [1.807, 2.05) is 0 Å². The zero-order valence-corrected chi connectivity index (χ0v) is 18.4. The van der Waals surface area contributed by atoms with Gasteiger partial charge in [-0.1, -0.05) is 11.6 Å². The van der Waals surface area contributed by atoms with Crippen LogP contribution < -0.4 is 16.4 Å². The molecule has 2 aliphatic heterocycles. The van der Waals surface area contributed by atoms with E-state index in [0.717, 1.165) is 12.8 Å². The van der Waals surface area contributed by atoms with Gasteiger partial charge in [-0.15, -0.1) is 0 Å². The average molecular weight is 426 g/mol. The molecule has 0 aromatic heterocycles. The highest BCUT2D eigenvalue weighted by Crippen LogP contribution is 2.59. The molecular formula is C21H35N3O6. The predicted octanol–water partition coefficient (Wildman–Crippen LogP) is 0.864. The first-order valence-electron chi connectivity index (χ1n) is 10.6. The zero-order valence-electron chi connectivity index (χ0n) is 18.4. The standard InChI is InChI=1S/C21H35N3O6/c1-13(2)5-6-15-20(3,30-15)18-17(27-4)14(7-8-21(18)12-28-21)29-19(26)24-16(25)11-23-10-9-22/h5,14-15,17-18,23H,6-12,22H2,1-4H3,(H,24,25,26)/t14-,15-,17-,18-,20?,21+/m1/s1. The molecule has 1 spiro atoms. The molecule has 0 aromatic carbocycles. The number of amides is 2. The van der Waals surface area contributed by atoms with Crippen molar-refractivity contribution < 1.29 is 28.5 Å². The first kappa shape index (κ1) is 23.1. The molecule has 170 valence electrons. The highest BCUT2D eigenvalue weighted by Gasteiger charge is 2.72. The van der Waals surface area contributed by atoms with Crippen molar-refractivity contribution in [2.45, 2.75) is 69.5 Å². The molecule has 30 heavy (non-hydrogen) atoms. The molecule has 0 bridgehead atoms. The van der Waals surface area contributed by atoms with Crippen LogP contribution >= 0.6 is 0 Å². The van der Waals surface area contributed by atoms with Crippen molar-refractivity contribution in [2.24, 2.45) is 11.7 Å². The second kappa shape index (κ2) is 9.32. The molecule has 2 amide bonds. The fourth-order valence-electron chi connectivity index (χ4n) is 4.70. The lowest BCUT2D eigenvalue weighted by Gasteiger charge is -2.42. The number of carbonyl (C=O) groups is 2. The van der Waals surface area contributed by atoms with E-state index in [4.69, 9.17) is 24.7 Å². The lowest BCUT2D eigenvalue weighted by molar-refractivity contribution is -0.125. The molecular weight excluding hydrogens is 390 g/mol. The van der Waals surface area contributed by atoms with Crippen molar-refractivity contribution in [3.8, 4) is 0 Å². The van der Waals surface area contributed by atoms with Gasteiger partial charge in [-0.3, -0.25) is 10.1 Å². The number of imide groups is 1. The number of hydrogen-bond acceptors (Lipinski definition) is 8. The zero-order chi connectivity index (χ0) is 21.9. The van der Waals surface area contributed by atoms with Crippen LogP contribution in [-0.4, -0.2) is 74.9 Å². The van der Waals surface area contributed by atoms with E-state index in [1.54, 1.807) is 7.11 Å². The van der Waals surface area contributed by atoms with Gasteiger partial charge in [-0.2, -0.15) is 0 Å². The van der Waals surface area contributed by atoms with Gasteiger partial charge in [-0.05, 0) is 40.0 Å². The number of hydrogen-bond donors (Lipinski definition) is 3. The summed E-state index contributed by atoms with van der Waals surface area (Å²) < 4.78 is 23.5. The van der Waals surface area contributed by atoms with Crippen LogP contribution in [0.15, 0.2) is 11.6 Å². The maximum atomic E-state index is 12.3. The minimum absolute atomic E-state index is 0.00219. The number of nitrogens with two attached hydrogens (primary N) is 1. The third-order valence-corrected chi connectivity index (χ3v) is 6.34. The van der Waals surface area contributed by atoms with Crippen LogP contribution in [-0.2, 0) is 23.7 Å². The number of rotatable bonds is 9. The highest BCUT2D eigenvalue weighted by atomic mass is 16.6. The lowest BCUT2D eigenvalue weighted by atomic mass is 9.68. The molecule has 4 N–H and O–H groups in total. The Kier molecular flexibility index (Phi) is 7.19. The van der Waals surface area contributed by atoms with E-state index in [2.05, 4.69) is 37.5 Å². The Morgan fingerprint density at radius 2 is 2.07 bits per heavy atom. The molecule has 1 saturated carbocycles. The fourth-order valence-corrected chi connectivity index (χ4v) is 4.70. The van der Waals surface area contributed by atoms with Crippen LogP contribution in [0.5, 0.6) is 0 Å². The molecule has 3 fully saturated rings. The largest absolute Gasteiger partial charge is 0.443 e. The fraction of sp³-hybridized carbons (Fsp3) is 0.810. The number of methoxy groups -OCH3 is 1. The summed E-state index contributed by atoms with van der Waals surface area (Å²) >= 11 is 0. The van der Waals surface area contributed by atoms with Crippen molar-refractivity contribution in [2.75, 3.05) is 33.4 Å². The normalized spacial score (nSPS) is 36.8. The number of alkyl carbamates (subject to hydrolysis) is 1. The summed E-state index contributed by atoms with van der Waals surface area (Å²) in [7, 11) is 1.62.